The Morgan fingerprint density at radius 2 is 1.83 bits per heavy atom. The summed E-state index contributed by atoms with van der Waals surface area (Å²) in [6.07, 6.45) is 3.67. The Morgan fingerprint density at radius 1 is 1.33 bits per heavy atom. The van der Waals surface area contributed by atoms with Crippen molar-refractivity contribution in [3.8, 4) is 0 Å². The van der Waals surface area contributed by atoms with Crippen LogP contribution in [0.5, 0.6) is 0 Å². The summed E-state index contributed by atoms with van der Waals surface area (Å²) in [6, 6.07) is 0. The molecule has 2 nitrogen and oxygen atoms in total. The zero-order valence-electron chi connectivity index (χ0n) is 8.83. The van der Waals surface area contributed by atoms with Gasteiger partial charge in [0.1, 0.15) is 0 Å². The maximum absolute atomic E-state index is 4.30. The predicted molar refractivity (Wildman–Crippen MR) is 55.1 cm³/mol. The quantitative estimate of drug-likeness (QED) is 0.467. The normalized spacial score (nSPS) is 12.5. The number of rotatable bonds is 3. The van der Waals surface area contributed by atoms with Crippen molar-refractivity contribution in [2.24, 2.45) is 11.0 Å². The standard InChI is InChI=1S/C10H20N2/c1-7-12(10(4,5)6)11-8-9(2)3/h7-9H,1H2,2-6H3/b11-8+. The highest BCUT2D eigenvalue weighted by atomic mass is 15.5. The van der Waals surface area contributed by atoms with Crippen molar-refractivity contribution in [3.63, 3.8) is 0 Å². The Bertz CT molecular complexity index is 163. The van der Waals surface area contributed by atoms with Crippen molar-refractivity contribution >= 4 is 6.21 Å². The summed E-state index contributed by atoms with van der Waals surface area (Å²) in [6.45, 7) is 14.2. The van der Waals surface area contributed by atoms with E-state index in [9.17, 15) is 0 Å². The lowest BCUT2D eigenvalue weighted by Crippen LogP contribution is -2.32. The molecule has 0 heterocycles. The van der Waals surface area contributed by atoms with Crippen LogP contribution in [0, 0.1) is 5.92 Å². The van der Waals surface area contributed by atoms with Crippen LogP contribution >= 0.6 is 0 Å². The summed E-state index contributed by atoms with van der Waals surface area (Å²) >= 11 is 0. The summed E-state index contributed by atoms with van der Waals surface area (Å²) in [5, 5.41) is 6.17. The molecule has 0 amide bonds. The van der Waals surface area contributed by atoms with Gasteiger partial charge < -0.3 is 0 Å². The van der Waals surface area contributed by atoms with Gasteiger partial charge in [-0.05, 0) is 26.7 Å². The summed E-state index contributed by atoms with van der Waals surface area (Å²) < 4.78 is 0. The van der Waals surface area contributed by atoms with Crippen molar-refractivity contribution in [2.75, 3.05) is 0 Å². The van der Waals surface area contributed by atoms with Gasteiger partial charge in [-0.15, -0.1) is 0 Å². The molecule has 0 aliphatic heterocycles. The summed E-state index contributed by atoms with van der Waals surface area (Å²) in [7, 11) is 0. The molecule has 0 radical (unpaired) electrons. The first kappa shape index (κ1) is 11.2. The molecule has 0 unspecified atom stereocenters. The van der Waals surface area contributed by atoms with Crippen molar-refractivity contribution in [2.45, 2.75) is 40.2 Å². The van der Waals surface area contributed by atoms with Gasteiger partial charge in [-0.3, -0.25) is 5.01 Å². The third-order valence-corrected chi connectivity index (χ3v) is 1.35. The average Bonchev–Trinajstić information content (AvgIpc) is 1.85. The molecular weight excluding hydrogens is 148 g/mol. The number of hydrogen-bond acceptors (Lipinski definition) is 2. The number of nitrogens with zero attached hydrogens (tertiary/aromatic N) is 2. The lowest BCUT2D eigenvalue weighted by atomic mass is 10.1. The summed E-state index contributed by atoms with van der Waals surface area (Å²) in [4.78, 5) is 0. The van der Waals surface area contributed by atoms with Gasteiger partial charge in [0, 0.05) is 12.4 Å². The maximum Gasteiger partial charge on any atom is 0.0543 e. The van der Waals surface area contributed by atoms with Gasteiger partial charge in [0.25, 0.3) is 0 Å². The van der Waals surface area contributed by atoms with Gasteiger partial charge in [0.15, 0.2) is 0 Å². The Labute approximate surface area is 76.0 Å². The second kappa shape index (κ2) is 4.29. The lowest BCUT2D eigenvalue weighted by Gasteiger charge is -2.29. The van der Waals surface area contributed by atoms with Crippen molar-refractivity contribution in [1.29, 1.82) is 0 Å². The molecule has 0 saturated carbocycles. The topological polar surface area (TPSA) is 15.6 Å². The van der Waals surface area contributed by atoms with Crippen molar-refractivity contribution < 1.29 is 0 Å². The van der Waals surface area contributed by atoms with Crippen molar-refractivity contribution in [3.05, 3.63) is 12.8 Å². The third kappa shape index (κ3) is 4.16. The fourth-order valence-electron chi connectivity index (χ4n) is 0.699. The number of hydrazone groups is 1. The molecule has 0 atom stereocenters. The molecule has 0 aliphatic rings. The van der Waals surface area contributed by atoms with Crippen LogP contribution in [-0.2, 0) is 0 Å². The largest absolute Gasteiger partial charge is 0.268 e. The molecule has 2 heteroatoms. The number of hydrogen-bond donors (Lipinski definition) is 0. The first-order valence-corrected chi connectivity index (χ1v) is 4.34. The minimum Gasteiger partial charge on any atom is -0.268 e. The van der Waals surface area contributed by atoms with Gasteiger partial charge in [-0.2, -0.15) is 5.10 Å². The molecule has 0 aromatic carbocycles. The fraction of sp³-hybridized carbons (Fsp3) is 0.700. The first-order valence-electron chi connectivity index (χ1n) is 4.34. The maximum atomic E-state index is 4.30. The summed E-state index contributed by atoms with van der Waals surface area (Å²) in [5.74, 6) is 0.481. The highest BCUT2D eigenvalue weighted by molar-refractivity contribution is 5.59. The molecule has 0 aliphatic carbocycles. The van der Waals surface area contributed by atoms with E-state index in [4.69, 9.17) is 0 Å². The molecule has 0 N–H and O–H groups in total. The fourth-order valence-corrected chi connectivity index (χ4v) is 0.699. The molecule has 0 spiro atoms. The van der Waals surface area contributed by atoms with Gasteiger partial charge in [0.05, 0.1) is 5.54 Å². The van der Waals surface area contributed by atoms with Crippen LogP contribution in [0.1, 0.15) is 34.6 Å². The van der Waals surface area contributed by atoms with Gasteiger partial charge >= 0.3 is 0 Å². The zero-order valence-corrected chi connectivity index (χ0v) is 8.83. The second-order valence-corrected chi connectivity index (χ2v) is 4.21. The van der Waals surface area contributed by atoms with E-state index in [1.54, 1.807) is 6.20 Å². The van der Waals surface area contributed by atoms with E-state index in [0.29, 0.717) is 5.92 Å². The van der Waals surface area contributed by atoms with Crippen LogP contribution in [-0.4, -0.2) is 16.8 Å². The second-order valence-electron chi connectivity index (χ2n) is 4.21. The van der Waals surface area contributed by atoms with Crippen LogP contribution in [0.25, 0.3) is 0 Å². The van der Waals surface area contributed by atoms with Crippen LogP contribution in [0.4, 0.5) is 0 Å². The van der Waals surface area contributed by atoms with Gasteiger partial charge in [-0.1, -0.05) is 20.4 Å². The summed E-state index contributed by atoms with van der Waals surface area (Å²) in [5.41, 5.74) is 0.0210. The molecule has 0 rings (SSSR count). The van der Waals surface area contributed by atoms with Gasteiger partial charge in [0.2, 0.25) is 0 Å². The minimum atomic E-state index is 0.0210. The lowest BCUT2D eigenvalue weighted by molar-refractivity contribution is 0.215. The van der Waals surface area contributed by atoms with E-state index in [-0.39, 0.29) is 5.54 Å². The smallest absolute Gasteiger partial charge is 0.0543 e. The van der Waals surface area contributed by atoms with Gasteiger partial charge in [-0.25, -0.2) is 0 Å². The molecular formula is C10H20N2. The van der Waals surface area contributed by atoms with Crippen LogP contribution in [0.15, 0.2) is 17.9 Å². The van der Waals surface area contributed by atoms with Crippen LogP contribution in [0.2, 0.25) is 0 Å². The average molecular weight is 168 g/mol. The minimum absolute atomic E-state index is 0.0210. The first-order chi connectivity index (χ1) is 5.38. The molecule has 12 heavy (non-hydrogen) atoms. The Hall–Kier alpha value is -0.790. The van der Waals surface area contributed by atoms with E-state index in [2.05, 4.69) is 46.3 Å². The molecule has 0 aromatic heterocycles. The zero-order chi connectivity index (χ0) is 9.78. The Kier molecular flexibility index (Phi) is 4.01. The highest BCUT2D eigenvalue weighted by Gasteiger charge is 2.15. The van der Waals surface area contributed by atoms with E-state index in [1.165, 1.54) is 0 Å². The molecule has 0 aromatic rings. The van der Waals surface area contributed by atoms with E-state index < -0.39 is 0 Å². The van der Waals surface area contributed by atoms with Crippen LogP contribution < -0.4 is 0 Å². The van der Waals surface area contributed by atoms with E-state index in [1.807, 2.05) is 11.2 Å². The van der Waals surface area contributed by atoms with E-state index in [0.717, 1.165) is 0 Å². The van der Waals surface area contributed by atoms with Crippen molar-refractivity contribution in [1.82, 2.24) is 5.01 Å². The predicted octanol–water partition coefficient (Wildman–Crippen LogP) is 2.87. The molecule has 70 valence electrons. The highest BCUT2D eigenvalue weighted by Crippen LogP contribution is 2.13. The SMILES string of the molecule is C=CN(/N=C/C(C)C)C(C)(C)C. The molecule has 0 fully saturated rings. The molecule has 0 bridgehead atoms. The Morgan fingerprint density at radius 3 is 2.08 bits per heavy atom. The van der Waals surface area contributed by atoms with Crippen LogP contribution in [0.3, 0.4) is 0 Å². The third-order valence-electron chi connectivity index (χ3n) is 1.35. The Balaban J connectivity index is 4.28. The monoisotopic (exact) mass is 168 g/mol. The van der Waals surface area contributed by atoms with E-state index >= 15 is 0 Å². The molecule has 0 saturated heterocycles.